The van der Waals surface area contributed by atoms with Crippen LogP contribution in [0.2, 0.25) is 0 Å². The molecule has 0 fully saturated rings. The molecule has 2 heterocycles. The second-order valence-electron chi connectivity index (χ2n) is 4.69. The Morgan fingerprint density at radius 2 is 2.30 bits per heavy atom. The maximum atomic E-state index is 5.16. The summed E-state index contributed by atoms with van der Waals surface area (Å²) in [5.74, 6) is 0. The zero-order valence-corrected chi connectivity index (χ0v) is 12.4. The summed E-state index contributed by atoms with van der Waals surface area (Å²) in [5.41, 5.74) is 4.56. The number of imidazole rings is 1. The molecule has 0 bridgehead atoms. The number of hydrogen-bond acceptors (Lipinski definition) is 4. The normalized spacial score (nSPS) is 11.1. The molecule has 0 saturated heterocycles. The number of hydrogen-bond donors (Lipinski definition) is 1. The van der Waals surface area contributed by atoms with Gasteiger partial charge in [-0.2, -0.15) is 0 Å². The van der Waals surface area contributed by atoms with Gasteiger partial charge in [-0.05, 0) is 24.6 Å². The van der Waals surface area contributed by atoms with Gasteiger partial charge in [0.25, 0.3) is 0 Å². The molecule has 0 amide bonds. The fourth-order valence-corrected chi connectivity index (χ4v) is 3.06. The molecule has 0 unspecified atom stereocenters. The second kappa shape index (κ2) is 5.64. The minimum atomic E-state index is 0.635. The third-order valence-electron chi connectivity index (χ3n) is 3.26. The number of benzene rings is 1. The highest BCUT2D eigenvalue weighted by Crippen LogP contribution is 2.18. The number of aryl methyl sites for hydroxylation is 1. The summed E-state index contributed by atoms with van der Waals surface area (Å²) in [6.07, 6.45) is 2.07. The highest BCUT2D eigenvalue weighted by atomic mass is 32.1. The first-order valence-corrected chi connectivity index (χ1v) is 7.38. The lowest BCUT2D eigenvalue weighted by Crippen LogP contribution is -2.04. The van der Waals surface area contributed by atoms with Crippen LogP contribution in [-0.2, 0) is 17.9 Å². The number of ether oxygens (including phenoxy) is 1. The fraction of sp³-hybridized carbons (Fsp3) is 0.267. The standard InChI is InChI=1S/C15H17N3OS/c1-11-14(18-6-7-20-15(18)17-11)9-16-13-5-3-4-12(8-13)10-19-2/h3-8,16H,9-10H2,1-2H3. The van der Waals surface area contributed by atoms with E-state index < -0.39 is 0 Å². The number of nitrogens with zero attached hydrogens (tertiary/aromatic N) is 2. The van der Waals surface area contributed by atoms with Crippen LogP contribution in [0.5, 0.6) is 0 Å². The minimum absolute atomic E-state index is 0.635. The summed E-state index contributed by atoms with van der Waals surface area (Å²) in [6, 6.07) is 8.29. The van der Waals surface area contributed by atoms with Gasteiger partial charge < -0.3 is 10.1 Å². The fourth-order valence-electron chi connectivity index (χ4n) is 2.28. The number of rotatable bonds is 5. The molecule has 0 atom stereocenters. The summed E-state index contributed by atoms with van der Waals surface area (Å²) in [7, 11) is 1.71. The average Bonchev–Trinajstić information content (AvgIpc) is 2.98. The lowest BCUT2D eigenvalue weighted by molar-refractivity contribution is 0.185. The van der Waals surface area contributed by atoms with E-state index in [0.29, 0.717) is 6.61 Å². The molecular formula is C15H17N3OS. The van der Waals surface area contributed by atoms with Crippen molar-refractivity contribution in [2.75, 3.05) is 12.4 Å². The summed E-state index contributed by atoms with van der Waals surface area (Å²) in [5, 5.41) is 5.52. The molecule has 0 aliphatic rings. The topological polar surface area (TPSA) is 38.6 Å². The Kier molecular flexibility index (Phi) is 3.71. The molecule has 2 aromatic heterocycles. The van der Waals surface area contributed by atoms with Crippen molar-refractivity contribution in [3.05, 3.63) is 52.8 Å². The number of anilines is 1. The first-order chi connectivity index (χ1) is 9.78. The largest absolute Gasteiger partial charge is 0.380 e. The van der Waals surface area contributed by atoms with Crippen LogP contribution in [0.25, 0.3) is 4.96 Å². The van der Waals surface area contributed by atoms with Gasteiger partial charge in [-0.1, -0.05) is 12.1 Å². The van der Waals surface area contributed by atoms with Gasteiger partial charge in [0, 0.05) is 24.4 Å². The number of aromatic nitrogens is 2. The van der Waals surface area contributed by atoms with Crippen molar-refractivity contribution in [3.8, 4) is 0 Å². The molecule has 3 aromatic rings. The van der Waals surface area contributed by atoms with E-state index >= 15 is 0 Å². The molecule has 1 N–H and O–H groups in total. The van der Waals surface area contributed by atoms with Crippen LogP contribution < -0.4 is 5.32 Å². The van der Waals surface area contributed by atoms with Crippen molar-refractivity contribution in [2.45, 2.75) is 20.1 Å². The monoisotopic (exact) mass is 287 g/mol. The molecule has 4 nitrogen and oxygen atoms in total. The van der Waals surface area contributed by atoms with Crippen LogP contribution in [-0.4, -0.2) is 16.5 Å². The molecule has 104 valence electrons. The third kappa shape index (κ3) is 2.55. The smallest absolute Gasteiger partial charge is 0.194 e. The van der Waals surface area contributed by atoms with E-state index in [9.17, 15) is 0 Å². The number of nitrogens with one attached hydrogen (secondary N) is 1. The van der Waals surface area contributed by atoms with E-state index in [1.165, 1.54) is 11.3 Å². The Labute approximate surface area is 122 Å². The Hall–Kier alpha value is -1.85. The molecule has 5 heteroatoms. The van der Waals surface area contributed by atoms with Crippen LogP contribution in [0.3, 0.4) is 0 Å². The predicted molar refractivity (Wildman–Crippen MR) is 82.3 cm³/mol. The van der Waals surface area contributed by atoms with E-state index in [1.807, 2.05) is 6.07 Å². The first-order valence-electron chi connectivity index (χ1n) is 6.50. The summed E-state index contributed by atoms with van der Waals surface area (Å²) < 4.78 is 7.30. The summed E-state index contributed by atoms with van der Waals surface area (Å²) >= 11 is 1.66. The predicted octanol–water partition coefficient (Wildman–Crippen LogP) is 3.46. The molecule has 3 rings (SSSR count). The van der Waals surface area contributed by atoms with Gasteiger partial charge in [0.15, 0.2) is 4.96 Å². The van der Waals surface area contributed by atoms with Gasteiger partial charge >= 0.3 is 0 Å². The lowest BCUT2D eigenvalue weighted by atomic mass is 10.2. The van der Waals surface area contributed by atoms with Crippen molar-refractivity contribution >= 4 is 22.0 Å². The second-order valence-corrected chi connectivity index (χ2v) is 5.56. The molecule has 1 aromatic carbocycles. The SMILES string of the molecule is COCc1cccc(NCc2c(C)nc3sccn23)c1. The highest BCUT2D eigenvalue weighted by molar-refractivity contribution is 7.15. The maximum absolute atomic E-state index is 5.16. The van der Waals surface area contributed by atoms with Crippen LogP contribution >= 0.6 is 11.3 Å². The van der Waals surface area contributed by atoms with Crippen molar-refractivity contribution in [1.82, 2.24) is 9.38 Å². The van der Waals surface area contributed by atoms with Gasteiger partial charge in [-0.3, -0.25) is 4.40 Å². The summed E-state index contributed by atoms with van der Waals surface area (Å²) in [6.45, 7) is 3.45. The van der Waals surface area contributed by atoms with E-state index in [-0.39, 0.29) is 0 Å². The average molecular weight is 287 g/mol. The van der Waals surface area contributed by atoms with Gasteiger partial charge in [0.1, 0.15) is 0 Å². The Balaban J connectivity index is 1.77. The van der Waals surface area contributed by atoms with E-state index in [1.54, 1.807) is 18.4 Å². The molecular weight excluding hydrogens is 270 g/mol. The Morgan fingerprint density at radius 3 is 3.15 bits per heavy atom. The third-order valence-corrected chi connectivity index (χ3v) is 4.02. The Morgan fingerprint density at radius 1 is 1.40 bits per heavy atom. The van der Waals surface area contributed by atoms with Gasteiger partial charge in [-0.15, -0.1) is 11.3 Å². The van der Waals surface area contributed by atoms with Crippen molar-refractivity contribution in [3.63, 3.8) is 0 Å². The zero-order valence-electron chi connectivity index (χ0n) is 11.6. The highest BCUT2D eigenvalue weighted by Gasteiger charge is 2.09. The van der Waals surface area contributed by atoms with Crippen molar-refractivity contribution < 1.29 is 4.74 Å². The maximum Gasteiger partial charge on any atom is 0.194 e. The Bertz CT molecular complexity index is 717. The van der Waals surface area contributed by atoms with Crippen molar-refractivity contribution in [2.24, 2.45) is 0 Å². The zero-order chi connectivity index (χ0) is 13.9. The lowest BCUT2D eigenvalue weighted by Gasteiger charge is -2.08. The van der Waals surface area contributed by atoms with E-state index in [0.717, 1.165) is 22.9 Å². The van der Waals surface area contributed by atoms with Crippen molar-refractivity contribution in [1.29, 1.82) is 0 Å². The quantitative estimate of drug-likeness (QED) is 0.781. The molecule has 0 spiro atoms. The number of fused-ring (bicyclic) bond motifs is 1. The minimum Gasteiger partial charge on any atom is -0.380 e. The van der Waals surface area contributed by atoms with E-state index in [2.05, 4.69) is 51.4 Å². The van der Waals surface area contributed by atoms with Crippen LogP contribution in [0.4, 0.5) is 5.69 Å². The number of thiazole rings is 1. The molecule has 0 aliphatic carbocycles. The summed E-state index contributed by atoms with van der Waals surface area (Å²) in [4.78, 5) is 5.60. The van der Waals surface area contributed by atoms with Crippen LogP contribution in [0.1, 0.15) is 17.0 Å². The van der Waals surface area contributed by atoms with Gasteiger partial charge in [0.05, 0.1) is 24.5 Å². The molecule has 0 saturated carbocycles. The van der Waals surface area contributed by atoms with Crippen LogP contribution in [0, 0.1) is 6.92 Å². The molecule has 0 radical (unpaired) electrons. The number of methoxy groups -OCH3 is 1. The van der Waals surface area contributed by atoms with Gasteiger partial charge in [0.2, 0.25) is 0 Å². The van der Waals surface area contributed by atoms with Crippen LogP contribution in [0.15, 0.2) is 35.8 Å². The van der Waals surface area contributed by atoms with E-state index in [4.69, 9.17) is 4.74 Å². The molecule has 0 aliphatic heterocycles. The van der Waals surface area contributed by atoms with Gasteiger partial charge in [-0.25, -0.2) is 4.98 Å². The first kappa shape index (κ1) is 13.1. The molecule has 20 heavy (non-hydrogen) atoms.